The standard InChI is InChI=1S/C19H19N5/c1-13-17-18(21-12-9-14-7-10-20-11-8-14)15-5-3-4-6-16(15)22-19(17)24(2)23-13/h3-8,10-11H,9,12H2,1-2H3,(H,21,22). The van der Waals surface area contributed by atoms with E-state index in [1.807, 2.05) is 43.2 Å². The first-order valence-electron chi connectivity index (χ1n) is 8.09. The summed E-state index contributed by atoms with van der Waals surface area (Å²) in [5.41, 5.74) is 5.29. The van der Waals surface area contributed by atoms with Crippen LogP contribution in [0.5, 0.6) is 0 Å². The molecule has 0 saturated carbocycles. The predicted molar refractivity (Wildman–Crippen MR) is 97.2 cm³/mol. The quantitative estimate of drug-likeness (QED) is 0.626. The Hall–Kier alpha value is -2.95. The van der Waals surface area contributed by atoms with Crippen LogP contribution in [0.25, 0.3) is 21.9 Å². The van der Waals surface area contributed by atoms with Crippen LogP contribution < -0.4 is 5.32 Å². The fourth-order valence-corrected chi connectivity index (χ4v) is 3.16. The van der Waals surface area contributed by atoms with Crippen LogP contribution in [0, 0.1) is 6.92 Å². The molecule has 120 valence electrons. The van der Waals surface area contributed by atoms with E-state index in [2.05, 4.69) is 39.7 Å². The summed E-state index contributed by atoms with van der Waals surface area (Å²) in [6.07, 6.45) is 4.61. The van der Waals surface area contributed by atoms with Gasteiger partial charge in [-0.2, -0.15) is 5.10 Å². The number of rotatable bonds is 4. The van der Waals surface area contributed by atoms with Gasteiger partial charge in [0.25, 0.3) is 0 Å². The Balaban J connectivity index is 1.76. The van der Waals surface area contributed by atoms with Gasteiger partial charge in [0.2, 0.25) is 0 Å². The fraction of sp³-hybridized carbons (Fsp3) is 0.211. The van der Waals surface area contributed by atoms with Gasteiger partial charge in [-0.15, -0.1) is 0 Å². The average molecular weight is 317 g/mol. The van der Waals surface area contributed by atoms with Crippen molar-refractivity contribution in [2.24, 2.45) is 7.05 Å². The zero-order valence-electron chi connectivity index (χ0n) is 13.8. The summed E-state index contributed by atoms with van der Waals surface area (Å²) < 4.78 is 1.85. The van der Waals surface area contributed by atoms with Crippen LogP contribution >= 0.6 is 0 Å². The van der Waals surface area contributed by atoms with Gasteiger partial charge < -0.3 is 5.32 Å². The van der Waals surface area contributed by atoms with Crippen LogP contribution in [-0.4, -0.2) is 26.3 Å². The molecule has 0 amide bonds. The second kappa shape index (κ2) is 5.92. The van der Waals surface area contributed by atoms with Crippen molar-refractivity contribution >= 4 is 27.6 Å². The van der Waals surface area contributed by atoms with E-state index < -0.39 is 0 Å². The number of aromatic nitrogens is 4. The van der Waals surface area contributed by atoms with Crippen LogP contribution in [0.1, 0.15) is 11.3 Å². The molecule has 24 heavy (non-hydrogen) atoms. The normalized spacial score (nSPS) is 11.2. The third-order valence-electron chi connectivity index (χ3n) is 4.31. The Kier molecular flexibility index (Phi) is 3.61. The van der Waals surface area contributed by atoms with Crippen LogP contribution in [0.15, 0.2) is 48.8 Å². The maximum Gasteiger partial charge on any atom is 0.160 e. The number of fused-ring (bicyclic) bond motifs is 2. The molecule has 0 atom stereocenters. The molecule has 0 unspecified atom stereocenters. The number of para-hydroxylation sites is 1. The first-order chi connectivity index (χ1) is 11.7. The highest BCUT2D eigenvalue weighted by Crippen LogP contribution is 2.32. The number of hydrogen-bond acceptors (Lipinski definition) is 4. The van der Waals surface area contributed by atoms with Crippen molar-refractivity contribution in [2.45, 2.75) is 13.3 Å². The molecule has 0 saturated heterocycles. The Bertz CT molecular complexity index is 1000. The molecule has 0 bridgehead atoms. The smallest absolute Gasteiger partial charge is 0.160 e. The van der Waals surface area contributed by atoms with Crippen molar-refractivity contribution in [3.63, 3.8) is 0 Å². The summed E-state index contributed by atoms with van der Waals surface area (Å²) in [5, 5.41) is 10.4. The van der Waals surface area contributed by atoms with E-state index in [1.54, 1.807) is 0 Å². The molecule has 4 aromatic rings. The van der Waals surface area contributed by atoms with E-state index in [0.717, 1.165) is 46.3 Å². The van der Waals surface area contributed by atoms with Gasteiger partial charge in [-0.3, -0.25) is 9.67 Å². The molecule has 0 fully saturated rings. The molecule has 3 heterocycles. The number of aryl methyl sites for hydroxylation is 2. The van der Waals surface area contributed by atoms with Crippen molar-refractivity contribution in [3.05, 3.63) is 60.0 Å². The minimum Gasteiger partial charge on any atom is -0.384 e. The van der Waals surface area contributed by atoms with Gasteiger partial charge >= 0.3 is 0 Å². The first kappa shape index (κ1) is 14.6. The summed E-state index contributed by atoms with van der Waals surface area (Å²) in [6.45, 7) is 2.88. The third-order valence-corrected chi connectivity index (χ3v) is 4.31. The Morgan fingerprint density at radius 3 is 2.71 bits per heavy atom. The highest BCUT2D eigenvalue weighted by atomic mass is 15.3. The van der Waals surface area contributed by atoms with Crippen molar-refractivity contribution in [1.29, 1.82) is 0 Å². The summed E-state index contributed by atoms with van der Waals surface area (Å²) in [4.78, 5) is 8.85. The number of hydrogen-bond donors (Lipinski definition) is 1. The lowest BCUT2D eigenvalue weighted by Crippen LogP contribution is -2.06. The Morgan fingerprint density at radius 1 is 1.08 bits per heavy atom. The maximum absolute atomic E-state index is 4.78. The fourth-order valence-electron chi connectivity index (χ4n) is 3.16. The summed E-state index contributed by atoms with van der Waals surface area (Å²) in [6, 6.07) is 12.3. The molecular weight excluding hydrogens is 298 g/mol. The molecule has 5 nitrogen and oxygen atoms in total. The van der Waals surface area contributed by atoms with Gasteiger partial charge in [-0.05, 0) is 37.1 Å². The largest absolute Gasteiger partial charge is 0.384 e. The van der Waals surface area contributed by atoms with E-state index in [9.17, 15) is 0 Å². The van der Waals surface area contributed by atoms with E-state index in [-0.39, 0.29) is 0 Å². The zero-order valence-corrected chi connectivity index (χ0v) is 13.8. The highest BCUT2D eigenvalue weighted by Gasteiger charge is 2.15. The molecular formula is C19H19N5. The van der Waals surface area contributed by atoms with E-state index in [4.69, 9.17) is 4.98 Å². The van der Waals surface area contributed by atoms with E-state index in [0.29, 0.717) is 0 Å². The Morgan fingerprint density at radius 2 is 1.88 bits per heavy atom. The molecule has 0 spiro atoms. The predicted octanol–water partition coefficient (Wildman–Crippen LogP) is 3.48. The topological polar surface area (TPSA) is 55.6 Å². The molecule has 0 aliphatic heterocycles. The summed E-state index contributed by atoms with van der Waals surface area (Å²) in [7, 11) is 1.94. The van der Waals surface area contributed by atoms with Gasteiger partial charge in [-0.25, -0.2) is 4.98 Å². The summed E-state index contributed by atoms with van der Waals surface area (Å²) >= 11 is 0. The van der Waals surface area contributed by atoms with E-state index in [1.165, 1.54) is 5.56 Å². The molecule has 1 aromatic carbocycles. The minimum absolute atomic E-state index is 0.849. The summed E-state index contributed by atoms with van der Waals surface area (Å²) in [5.74, 6) is 0. The SMILES string of the molecule is Cc1nn(C)c2nc3ccccc3c(NCCc3ccncc3)c12. The maximum atomic E-state index is 4.78. The van der Waals surface area contributed by atoms with Crippen LogP contribution in [0.3, 0.4) is 0 Å². The second-order valence-electron chi connectivity index (χ2n) is 5.94. The van der Waals surface area contributed by atoms with Gasteiger partial charge in [0.15, 0.2) is 5.65 Å². The molecule has 0 aliphatic rings. The lowest BCUT2D eigenvalue weighted by atomic mass is 10.1. The van der Waals surface area contributed by atoms with Crippen molar-refractivity contribution in [3.8, 4) is 0 Å². The number of benzene rings is 1. The zero-order chi connectivity index (χ0) is 16.5. The van der Waals surface area contributed by atoms with Crippen molar-refractivity contribution in [2.75, 3.05) is 11.9 Å². The molecule has 0 aliphatic carbocycles. The van der Waals surface area contributed by atoms with Gasteiger partial charge in [0.05, 0.1) is 22.3 Å². The minimum atomic E-state index is 0.849. The van der Waals surface area contributed by atoms with E-state index >= 15 is 0 Å². The monoisotopic (exact) mass is 317 g/mol. The molecule has 3 aromatic heterocycles. The Labute approximate surface area is 140 Å². The van der Waals surface area contributed by atoms with Crippen molar-refractivity contribution in [1.82, 2.24) is 19.7 Å². The third kappa shape index (κ3) is 2.48. The van der Waals surface area contributed by atoms with Crippen molar-refractivity contribution < 1.29 is 0 Å². The van der Waals surface area contributed by atoms with Gasteiger partial charge in [0.1, 0.15) is 0 Å². The second-order valence-corrected chi connectivity index (χ2v) is 5.94. The van der Waals surface area contributed by atoms with Crippen LogP contribution in [0.2, 0.25) is 0 Å². The molecule has 0 radical (unpaired) electrons. The van der Waals surface area contributed by atoms with Crippen LogP contribution in [0.4, 0.5) is 5.69 Å². The lowest BCUT2D eigenvalue weighted by Gasteiger charge is -2.12. The van der Waals surface area contributed by atoms with Crippen LogP contribution in [-0.2, 0) is 13.5 Å². The number of nitrogens with zero attached hydrogens (tertiary/aromatic N) is 4. The average Bonchev–Trinajstić information content (AvgIpc) is 2.89. The lowest BCUT2D eigenvalue weighted by molar-refractivity contribution is 0.775. The number of anilines is 1. The molecule has 1 N–H and O–H groups in total. The number of nitrogens with one attached hydrogen (secondary N) is 1. The molecule has 4 rings (SSSR count). The number of pyridine rings is 2. The van der Waals surface area contributed by atoms with Gasteiger partial charge in [0, 0.05) is 31.4 Å². The first-order valence-corrected chi connectivity index (χ1v) is 8.09. The molecule has 5 heteroatoms. The highest BCUT2D eigenvalue weighted by molar-refractivity contribution is 6.07. The van der Waals surface area contributed by atoms with Gasteiger partial charge in [-0.1, -0.05) is 18.2 Å².